The van der Waals surface area contributed by atoms with Gasteiger partial charge in [-0.05, 0) is 25.0 Å². The Balaban J connectivity index is 2.08. The molecule has 1 aromatic heterocycles. The molecule has 0 aromatic carbocycles. The molecule has 0 spiro atoms. The summed E-state index contributed by atoms with van der Waals surface area (Å²) < 4.78 is 5.59. The molecular formula is C10H14N2O. The van der Waals surface area contributed by atoms with E-state index in [1.165, 1.54) is 0 Å². The molecule has 13 heavy (non-hydrogen) atoms. The highest BCUT2D eigenvalue weighted by Crippen LogP contribution is 2.25. The molecule has 2 heterocycles. The molecule has 0 radical (unpaired) electrons. The molecule has 1 fully saturated rings. The summed E-state index contributed by atoms with van der Waals surface area (Å²) in [5, 5.41) is 0. The van der Waals surface area contributed by atoms with Crippen LogP contribution in [0.15, 0.2) is 24.4 Å². The maximum absolute atomic E-state index is 5.85. The minimum atomic E-state index is 0.102. The van der Waals surface area contributed by atoms with Crippen LogP contribution >= 0.6 is 0 Å². The van der Waals surface area contributed by atoms with Crippen molar-refractivity contribution in [2.45, 2.75) is 25.0 Å². The third-order valence-corrected chi connectivity index (χ3v) is 2.34. The average Bonchev–Trinajstić information content (AvgIpc) is 2.19. The van der Waals surface area contributed by atoms with Crippen LogP contribution in [0.25, 0.3) is 0 Å². The molecule has 0 bridgehead atoms. The van der Waals surface area contributed by atoms with E-state index in [0.717, 1.165) is 25.1 Å². The van der Waals surface area contributed by atoms with Crippen molar-refractivity contribution in [1.29, 1.82) is 0 Å². The van der Waals surface area contributed by atoms with Crippen molar-refractivity contribution in [2.75, 3.05) is 6.61 Å². The first-order valence-electron chi connectivity index (χ1n) is 4.64. The number of hydrogen-bond acceptors (Lipinski definition) is 3. The molecule has 1 aliphatic rings. The Bertz CT molecular complexity index is 263. The maximum Gasteiger partial charge on any atom is 0.101 e. The van der Waals surface area contributed by atoms with Crippen molar-refractivity contribution in [1.82, 2.24) is 4.98 Å². The van der Waals surface area contributed by atoms with Crippen LogP contribution < -0.4 is 5.73 Å². The van der Waals surface area contributed by atoms with Gasteiger partial charge in [0.05, 0.1) is 5.69 Å². The van der Waals surface area contributed by atoms with Crippen molar-refractivity contribution in [3.8, 4) is 0 Å². The van der Waals surface area contributed by atoms with Crippen LogP contribution in [0.3, 0.4) is 0 Å². The van der Waals surface area contributed by atoms with Crippen LogP contribution in [-0.2, 0) is 4.74 Å². The van der Waals surface area contributed by atoms with Gasteiger partial charge in [-0.2, -0.15) is 0 Å². The van der Waals surface area contributed by atoms with Crippen LogP contribution in [0.2, 0.25) is 0 Å². The Labute approximate surface area is 77.9 Å². The topological polar surface area (TPSA) is 48.1 Å². The quantitative estimate of drug-likeness (QED) is 0.704. The number of ether oxygens (including phenoxy) is 1. The molecule has 0 saturated carbocycles. The molecule has 1 aromatic rings. The van der Waals surface area contributed by atoms with E-state index in [2.05, 4.69) is 4.98 Å². The average molecular weight is 178 g/mol. The molecule has 3 nitrogen and oxygen atoms in total. The highest BCUT2D eigenvalue weighted by atomic mass is 16.5. The Morgan fingerprint density at radius 2 is 2.38 bits per heavy atom. The second-order valence-corrected chi connectivity index (χ2v) is 3.40. The van der Waals surface area contributed by atoms with Crippen molar-refractivity contribution < 1.29 is 4.74 Å². The van der Waals surface area contributed by atoms with E-state index in [9.17, 15) is 0 Å². The lowest BCUT2D eigenvalue weighted by atomic mass is 10.0. The van der Waals surface area contributed by atoms with Crippen LogP contribution in [0.4, 0.5) is 0 Å². The Hall–Kier alpha value is -0.930. The molecule has 2 N–H and O–H groups in total. The first-order chi connectivity index (χ1) is 6.36. The van der Waals surface area contributed by atoms with Crippen molar-refractivity contribution in [2.24, 2.45) is 5.73 Å². The number of nitrogens with two attached hydrogens (primary N) is 1. The fourth-order valence-corrected chi connectivity index (χ4v) is 1.60. The zero-order valence-corrected chi connectivity index (χ0v) is 7.52. The van der Waals surface area contributed by atoms with Gasteiger partial charge in [0.1, 0.15) is 6.10 Å². The molecule has 3 heteroatoms. The Kier molecular flexibility index (Phi) is 2.57. The van der Waals surface area contributed by atoms with E-state index in [0.29, 0.717) is 0 Å². The first-order valence-corrected chi connectivity index (χ1v) is 4.64. The summed E-state index contributed by atoms with van der Waals surface area (Å²) in [5.41, 5.74) is 6.85. The van der Waals surface area contributed by atoms with Crippen molar-refractivity contribution >= 4 is 0 Å². The highest BCUT2D eigenvalue weighted by molar-refractivity contribution is 5.07. The van der Waals surface area contributed by atoms with Gasteiger partial charge in [0.15, 0.2) is 0 Å². The third-order valence-electron chi connectivity index (χ3n) is 2.34. The van der Waals surface area contributed by atoms with Crippen LogP contribution in [0, 0.1) is 0 Å². The van der Waals surface area contributed by atoms with Crippen LogP contribution in [0.1, 0.15) is 24.6 Å². The minimum Gasteiger partial charge on any atom is -0.372 e. The number of pyridine rings is 1. The molecule has 2 rings (SSSR count). The lowest BCUT2D eigenvalue weighted by molar-refractivity contribution is 0.00413. The molecular weight excluding hydrogens is 164 g/mol. The predicted octanol–water partition coefficient (Wildman–Crippen LogP) is 1.26. The van der Waals surface area contributed by atoms with E-state index >= 15 is 0 Å². The summed E-state index contributed by atoms with van der Waals surface area (Å²) in [7, 11) is 0. The maximum atomic E-state index is 5.85. The number of rotatable bonds is 1. The van der Waals surface area contributed by atoms with Crippen molar-refractivity contribution in [3.63, 3.8) is 0 Å². The standard InChI is InChI=1S/C10H14N2O/c11-8-4-6-13-10(7-8)9-3-1-2-5-12-9/h1-3,5,8,10H,4,6-7,11H2/t8-,10+/m1/s1. The number of hydrogen-bond donors (Lipinski definition) is 1. The summed E-state index contributed by atoms with van der Waals surface area (Å²) in [6.45, 7) is 0.752. The Morgan fingerprint density at radius 1 is 1.46 bits per heavy atom. The fraction of sp³-hybridized carbons (Fsp3) is 0.500. The summed E-state index contributed by atoms with van der Waals surface area (Å²) in [6.07, 6.45) is 3.74. The van der Waals surface area contributed by atoms with Gasteiger partial charge in [-0.15, -0.1) is 0 Å². The number of aromatic nitrogens is 1. The van der Waals surface area contributed by atoms with Crippen LogP contribution in [-0.4, -0.2) is 17.6 Å². The van der Waals surface area contributed by atoms with Crippen LogP contribution in [0.5, 0.6) is 0 Å². The molecule has 0 unspecified atom stereocenters. The smallest absolute Gasteiger partial charge is 0.101 e. The molecule has 1 saturated heterocycles. The van der Waals surface area contributed by atoms with Gasteiger partial charge in [-0.1, -0.05) is 6.07 Å². The zero-order chi connectivity index (χ0) is 9.10. The largest absolute Gasteiger partial charge is 0.372 e. The van der Waals surface area contributed by atoms with E-state index in [4.69, 9.17) is 10.5 Å². The third kappa shape index (κ3) is 2.05. The number of nitrogens with zero attached hydrogens (tertiary/aromatic N) is 1. The fourth-order valence-electron chi connectivity index (χ4n) is 1.60. The summed E-state index contributed by atoms with van der Waals surface area (Å²) in [6, 6.07) is 6.14. The molecule has 0 aliphatic carbocycles. The zero-order valence-electron chi connectivity index (χ0n) is 7.52. The normalized spacial score (nSPS) is 28.7. The van der Waals surface area contributed by atoms with Gasteiger partial charge < -0.3 is 10.5 Å². The van der Waals surface area contributed by atoms with E-state index < -0.39 is 0 Å². The summed E-state index contributed by atoms with van der Waals surface area (Å²) >= 11 is 0. The van der Waals surface area contributed by atoms with E-state index in [1.54, 1.807) is 6.20 Å². The van der Waals surface area contributed by atoms with E-state index in [1.807, 2.05) is 18.2 Å². The lowest BCUT2D eigenvalue weighted by Crippen LogP contribution is -2.30. The van der Waals surface area contributed by atoms with Gasteiger partial charge in [-0.3, -0.25) is 4.98 Å². The SMILES string of the molecule is N[C@@H]1CCO[C@H](c2ccccn2)C1. The lowest BCUT2D eigenvalue weighted by Gasteiger charge is -2.26. The van der Waals surface area contributed by atoms with Gasteiger partial charge in [0.25, 0.3) is 0 Å². The minimum absolute atomic E-state index is 0.102. The molecule has 0 amide bonds. The predicted molar refractivity (Wildman–Crippen MR) is 50.1 cm³/mol. The first kappa shape index (κ1) is 8.66. The monoisotopic (exact) mass is 178 g/mol. The summed E-state index contributed by atoms with van der Waals surface area (Å²) in [4.78, 5) is 4.26. The molecule has 70 valence electrons. The van der Waals surface area contributed by atoms with Crippen molar-refractivity contribution in [3.05, 3.63) is 30.1 Å². The van der Waals surface area contributed by atoms with E-state index in [-0.39, 0.29) is 12.1 Å². The van der Waals surface area contributed by atoms with Gasteiger partial charge >= 0.3 is 0 Å². The molecule has 2 atom stereocenters. The second kappa shape index (κ2) is 3.85. The second-order valence-electron chi connectivity index (χ2n) is 3.40. The summed E-state index contributed by atoms with van der Waals surface area (Å²) in [5.74, 6) is 0. The van der Waals surface area contributed by atoms with Gasteiger partial charge in [-0.25, -0.2) is 0 Å². The van der Waals surface area contributed by atoms with Gasteiger partial charge in [0, 0.05) is 18.8 Å². The Morgan fingerprint density at radius 3 is 3.08 bits per heavy atom. The highest BCUT2D eigenvalue weighted by Gasteiger charge is 2.21. The van der Waals surface area contributed by atoms with Gasteiger partial charge in [0.2, 0.25) is 0 Å². The molecule has 1 aliphatic heterocycles.